The van der Waals surface area contributed by atoms with Gasteiger partial charge >= 0.3 is 0 Å². The second-order valence-corrected chi connectivity index (χ2v) is 5.00. The van der Waals surface area contributed by atoms with E-state index in [0.717, 1.165) is 6.54 Å². The van der Waals surface area contributed by atoms with Crippen molar-refractivity contribution < 1.29 is 0 Å². The van der Waals surface area contributed by atoms with Gasteiger partial charge < -0.3 is 5.32 Å². The van der Waals surface area contributed by atoms with Crippen LogP contribution in [0.2, 0.25) is 0 Å². The normalized spacial score (nSPS) is 23.8. The standard InChI is InChI=1S/C17H19N/c1-3-8-14(9-4-1)16-12-7-13-18-17(16)15-10-5-2-6-11-15/h1-6,8-11,16-18H,7,12-13H2/t16-,17-/m0/s1. The molecule has 0 aliphatic carbocycles. The first-order valence-corrected chi connectivity index (χ1v) is 6.78. The van der Waals surface area contributed by atoms with Crippen LogP contribution in [0.3, 0.4) is 0 Å². The lowest BCUT2D eigenvalue weighted by molar-refractivity contribution is 0.358. The molecule has 0 bridgehead atoms. The van der Waals surface area contributed by atoms with E-state index in [1.54, 1.807) is 0 Å². The van der Waals surface area contributed by atoms with Crippen LogP contribution in [0.5, 0.6) is 0 Å². The van der Waals surface area contributed by atoms with Crippen LogP contribution in [-0.2, 0) is 0 Å². The lowest BCUT2D eigenvalue weighted by Crippen LogP contribution is -2.32. The third-order valence-corrected chi connectivity index (χ3v) is 3.84. The van der Waals surface area contributed by atoms with Crippen LogP contribution in [0.1, 0.15) is 35.9 Å². The average molecular weight is 237 g/mol. The van der Waals surface area contributed by atoms with Gasteiger partial charge in [-0.1, -0.05) is 60.7 Å². The number of hydrogen-bond donors (Lipinski definition) is 1. The molecule has 2 atom stereocenters. The summed E-state index contributed by atoms with van der Waals surface area (Å²) < 4.78 is 0. The fraction of sp³-hybridized carbons (Fsp3) is 0.294. The summed E-state index contributed by atoms with van der Waals surface area (Å²) in [4.78, 5) is 0. The van der Waals surface area contributed by atoms with E-state index in [-0.39, 0.29) is 0 Å². The Kier molecular flexibility index (Phi) is 3.42. The Morgan fingerprint density at radius 2 is 1.39 bits per heavy atom. The average Bonchev–Trinajstić information content (AvgIpc) is 2.49. The Bertz CT molecular complexity index is 430. The molecule has 3 rings (SSSR count). The Balaban J connectivity index is 1.92. The Morgan fingerprint density at radius 1 is 0.778 bits per heavy atom. The minimum Gasteiger partial charge on any atom is -0.309 e. The SMILES string of the molecule is c1ccc([C@@H]2CCCN[C@H]2c2ccccc2)cc1. The summed E-state index contributed by atoms with van der Waals surface area (Å²) in [7, 11) is 0. The third kappa shape index (κ3) is 2.32. The zero-order valence-corrected chi connectivity index (χ0v) is 10.5. The summed E-state index contributed by atoms with van der Waals surface area (Å²) in [6.07, 6.45) is 2.54. The molecule has 0 unspecified atom stereocenters. The molecule has 1 N–H and O–H groups in total. The lowest BCUT2D eigenvalue weighted by atomic mass is 9.81. The molecule has 0 spiro atoms. The summed E-state index contributed by atoms with van der Waals surface area (Å²) in [5.74, 6) is 0.599. The highest BCUT2D eigenvalue weighted by Crippen LogP contribution is 2.36. The van der Waals surface area contributed by atoms with Crippen molar-refractivity contribution in [2.24, 2.45) is 0 Å². The topological polar surface area (TPSA) is 12.0 Å². The third-order valence-electron chi connectivity index (χ3n) is 3.84. The zero-order chi connectivity index (χ0) is 12.2. The quantitative estimate of drug-likeness (QED) is 0.835. The van der Waals surface area contributed by atoms with E-state index in [1.807, 2.05) is 0 Å². The maximum Gasteiger partial charge on any atom is 0.0389 e. The predicted molar refractivity (Wildman–Crippen MR) is 75.6 cm³/mol. The van der Waals surface area contributed by atoms with Crippen LogP contribution < -0.4 is 5.32 Å². The molecule has 1 nitrogen and oxygen atoms in total. The molecule has 0 saturated carbocycles. The highest BCUT2D eigenvalue weighted by molar-refractivity contribution is 5.28. The van der Waals surface area contributed by atoms with Gasteiger partial charge in [-0.15, -0.1) is 0 Å². The van der Waals surface area contributed by atoms with Crippen LogP contribution in [-0.4, -0.2) is 6.54 Å². The zero-order valence-electron chi connectivity index (χ0n) is 10.5. The van der Waals surface area contributed by atoms with E-state index in [0.29, 0.717) is 12.0 Å². The van der Waals surface area contributed by atoms with E-state index in [1.165, 1.54) is 24.0 Å². The van der Waals surface area contributed by atoms with Crippen LogP contribution in [0, 0.1) is 0 Å². The summed E-state index contributed by atoms with van der Waals surface area (Å²) in [5.41, 5.74) is 2.87. The van der Waals surface area contributed by atoms with E-state index in [4.69, 9.17) is 0 Å². The van der Waals surface area contributed by atoms with Crippen LogP contribution in [0.25, 0.3) is 0 Å². The van der Waals surface area contributed by atoms with Crippen molar-refractivity contribution in [2.75, 3.05) is 6.54 Å². The van der Waals surface area contributed by atoms with Gasteiger partial charge in [-0.05, 0) is 30.5 Å². The summed E-state index contributed by atoms with van der Waals surface area (Å²) >= 11 is 0. The van der Waals surface area contributed by atoms with Crippen molar-refractivity contribution in [1.82, 2.24) is 5.32 Å². The van der Waals surface area contributed by atoms with E-state index in [9.17, 15) is 0 Å². The smallest absolute Gasteiger partial charge is 0.0389 e. The Morgan fingerprint density at radius 3 is 2.06 bits per heavy atom. The van der Waals surface area contributed by atoms with Gasteiger partial charge in [0.15, 0.2) is 0 Å². The molecule has 1 fully saturated rings. The molecule has 92 valence electrons. The summed E-state index contributed by atoms with van der Waals surface area (Å²) in [5, 5.41) is 3.68. The molecule has 1 aliphatic heterocycles. The fourth-order valence-corrected chi connectivity index (χ4v) is 2.96. The van der Waals surface area contributed by atoms with E-state index < -0.39 is 0 Å². The minimum atomic E-state index is 0.461. The Hall–Kier alpha value is -1.60. The number of nitrogens with one attached hydrogen (secondary N) is 1. The molecule has 0 aromatic heterocycles. The van der Waals surface area contributed by atoms with Crippen molar-refractivity contribution in [3.05, 3.63) is 71.8 Å². The predicted octanol–water partition coefficient (Wildman–Crippen LogP) is 3.89. The van der Waals surface area contributed by atoms with Crippen LogP contribution in [0.15, 0.2) is 60.7 Å². The molecule has 1 aliphatic rings. The number of hydrogen-bond acceptors (Lipinski definition) is 1. The van der Waals surface area contributed by atoms with Crippen molar-refractivity contribution in [2.45, 2.75) is 24.8 Å². The van der Waals surface area contributed by atoms with E-state index >= 15 is 0 Å². The summed E-state index contributed by atoms with van der Waals surface area (Å²) in [6.45, 7) is 1.13. The number of piperidine rings is 1. The van der Waals surface area contributed by atoms with Gasteiger partial charge in [-0.25, -0.2) is 0 Å². The van der Waals surface area contributed by atoms with Crippen molar-refractivity contribution >= 4 is 0 Å². The molecule has 18 heavy (non-hydrogen) atoms. The van der Waals surface area contributed by atoms with Crippen molar-refractivity contribution in [3.63, 3.8) is 0 Å². The molecule has 1 heteroatoms. The minimum absolute atomic E-state index is 0.461. The first kappa shape index (κ1) is 11.5. The maximum absolute atomic E-state index is 3.68. The molecule has 2 aromatic rings. The molecule has 1 saturated heterocycles. The molecule has 0 amide bonds. The van der Waals surface area contributed by atoms with Gasteiger partial charge in [-0.2, -0.15) is 0 Å². The first-order valence-electron chi connectivity index (χ1n) is 6.78. The molecular weight excluding hydrogens is 218 g/mol. The monoisotopic (exact) mass is 237 g/mol. The highest BCUT2D eigenvalue weighted by Gasteiger charge is 2.26. The van der Waals surface area contributed by atoms with Gasteiger partial charge in [-0.3, -0.25) is 0 Å². The van der Waals surface area contributed by atoms with Gasteiger partial charge in [0.2, 0.25) is 0 Å². The van der Waals surface area contributed by atoms with Gasteiger partial charge in [0.05, 0.1) is 0 Å². The molecule has 1 heterocycles. The van der Waals surface area contributed by atoms with Crippen LogP contribution >= 0.6 is 0 Å². The van der Waals surface area contributed by atoms with Crippen molar-refractivity contribution in [3.8, 4) is 0 Å². The molecule has 2 aromatic carbocycles. The fourth-order valence-electron chi connectivity index (χ4n) is 2.96. The first-order chi connectivity index (χ1) is 8.95. The highest BCUT2D eigenvalue weighted by atomic mass is 14.9. The number of benzene rings is 2. The summed E-state index contributed by atoms with van der Waals surface area (Å²) in [6, 6.07) is 22.2. The van der Waals surface area contributed by atoms with E-state index in [2.05, 4.69) is 66.0 Å². The lowest BCUT2D eigenvalue weighted by Gasteiger charge is -2.33. The van der Waals surface area contributed by atoms with Crippen LogP contribution in [0.4, 0.5) is 0 Å². The molecule has 0 radical (unpaired) electrons. The maximum atomic E-state index is 3.68. The van der Waals surface area contributed by atoms with Gasteiger partial charge in [0.1, 0.15) is 0 Å². The number of rotatable bonds is 2. The van der Waals surface area contributed by atoms with Crippen molar-refractivity contribution in [1.29, 1.82) is 0 Å². The van der Waals surface area contributed by atoms with Gasteiger partial charge in [0.25, 0.3) is 0 Å². The molecular formula is C17H19N. The largest absolute Gasteiger partial charge is 0.309 e. The Labute approximate surface area is 109 Å². The second-order valence-electron chi connectivity index (χ2n) is 5.00. The second kappa shape index (κ2) is 5.36. The van der Waals surface area contributed by atoms with Gasteiger partial charge in [0, 0.05) is 12.0 Å².